The van der Waals surface area contributed by atoms with Crippen LogP contribution in [0.2, 0.25) is 0 Å². The third-order valence-electron chi connectivity index (χ3n) is 4.98. The molecule has 140 valence electrons. The maximum Gasteiger partial charge on any atom is -0.00232 e. The summed E-state index contributed by atoms with van der Waals surface area (Å²) in [4.78, 5) is 0. The number of rotatable bonds is 4. The largest absolute Gasteiger partial charge is 0.0622 e. The molecule has 28 heavy (non-hydrogen) atoms. The van der Waals surface area contributed by atoms with Gasteiger partial charge in [0.1, 0.15) is 0 Å². The average Bonchev–Trinajstić information content (AvgIpc) is 2.77. The molecule has 0 spiro atoms. The molecule has 4 aromatic rings. The van der Waals surface area contributed by atoms with Gasteiger partial charge in [-0.3, -0.25) is 0 Å². The van der Waals surface area contributed by atoms with Gasteiger partial charge < -0.3 is 0 Å². The summed E-state index contributed by atoms with van der Waals surface area (Å²) < 4.78 is 0. The highest BCUT2D eigenvalue weighted by atomic mass is 14.1. The fourth-order valence-electron chi connectivity index (χ4n) is 3.35. The molecule has 0 fully saturated rings. The van der Waals surface area contributed by atoms with Gasteiger partial charge in [0.15, 0.2) is 0 Å². The SMILES string of the molecule is CCc1ccccc1-c1ccccc1.Cc1ccccc1Cc1ccccc1. The van der Waals surface area contributed by atoms with Crippen molar-refractivity contribution < 1.29 is 0 Å². The Hall–Kier alpha value is -3.12. The van der Waals surface area contributed by atoms with Crippen molar-refractivity contribution in [2.75, 3.05) is 0 Å². The van der Waals surface area contributed by atoms with Gasteiger partial charge in [0, 0.05) is 0 Å². The van der Waals surface area contributed by atoms with E-state index in [0.29, 0.717) is 0 Å². The smallest absolute Gasteiger partial charge is 0.00232 e. The predicted molar refractivity (Wildman–Crippen MR) is 122 cm³/mol. The average molecular weight is 365 g/mol. The molecule has 0 atom stereocenters. The summed E-state index contributed by atoms with van der Waals surface area (Å²) >= 11 is 0. The lowest BCUT2D eigenvalue weighted by atomic mass is 9.98. The molecule has 4 aromatic carbocycles. The van der Waals surface area contributed by atoms with E-state index in [0.717, 1.165) is 12.8 Å². The second-order valence-electron chi connectivity index (χ2n) is 6.97. The quantitative estimate of drug-likeness (QED) is 0.351. The molecular weight excluding hydrogens is 336 g/mol. The van der Waals surface area contributed by atoms with Crippen LogP contribution in [-0.2, 0) is 12.8 Å². The van der Waals surface area contributed by atoms with Crippen LogP contribution in [0, 0.1) is 6.92 Å². The Kier molecular flexibility index (Phi) is 7.21. The summed E-state index contributed by atoms with van der Waals surface area (Å²) in [5.41, 5.74) is 8.25. The highest BCUT2D eigenvalue weighted by molar-refractivity contribution is 5.67. The summed E-state index contributed by atoms with van der Waals surface area (Å²) in [7, 11) is 0. The molecule has 0 aliphatic rings. The van der Waals surface area contributed by atoms with Crippen LogP contribution < -0.4 is 0 Å². The van der Waals surface area contributed by atoms with Gasteiger partial charge in [-0.25, -0.2) is 0 Å². The van der Waals surface area contributed by atoms with Gasteiger partial charge in [-0.15, -0.1) is 0 Å². The Morgan fingerprint density at radius 1 is 0.536 bits per heavy atom. The molecule has 0 radical (unpaired) electrons. The van der Waals surface area contributed by atoms with Crippen molar-refractivity contribution in [2.24, 2.45) is 0 Å². The zero-order valence-electron chi connectivity index (χ0n) is 16.8. The summed E-state index contributed by atoms with van der Waals surface area (Å²) in [6.07, 6.45) is 2.12. The van der Waals surface area contributed by atoms with E-state index >= 15 is 0 Å². The van der Waals surface area contributed by atoms with Crippen LogP contribution in [0.25, 0.3) is 11.1 Å². The molecule has 4 rings (SSSR count). The van der Waals surface area contributed by atoms with Crippen LogP contribution in [0.5, 0.6) is 0 Å². The van der Waals surface area contributed by atoms with E-state index in [2.05, 4.69) is 123 Å². The highest BCUT2D eigenvalue weighted by Gasteiger charge is 2.00. The Bertz CT molecular complexity index is 969. The maximum atomic E-state index is 2.20. The molecule has 0 nitrogen and oxygen atoms in total. The first-order valence-electron chi connectivity index (χ1n) is 9.99. The molecular formula is C28H28. The van der Waals surface area contributed by atoms with Crippen molar-refractivity contribution in [3.8, 4) is 11.1 Å². The van der Waals surface area contributed by atoms with Crippen molar-refractivity contribution in [1.82, 2.24) is 0 Å². The lowest BCUT2D eigenvalue weighted by Crippen LogP contribution is -1.90. The minimum Gasteiger partial charge on any atom is -0.0622 e. The van der Waals surface area contributed by atoms with E-state index in [1.54, 1.807) is 0 Å². The van der Waals surface area contributed by atoms with Gasteiger partial charge in [0.05, 0.1) is 0 Å². The second kappa shape index (κ2) is 10.3. The van der Waals surface area contributed by atoms with E-state index in [1.165, 1.54) is 33.4 Å². The molecule has 0 aromatic heterocycles. The van der Waals surface area contributed by atoms with Gasteiger partial charge in [0.25, 0.3) is 0 Å². The van der Waals surface area contributed by atoms with Crippen molar-refractivity contribution >= 4 is 0 Å². The minimum atomic E-state index is 1.04. The maximum absolute atomic E-state index is 2.20. The van der Waals surface area contributed by atoms with Gasteiger partial charge in [-0.2, -0.15) is 0 Å². The van der Waals surface area contributed by atoms with Crippen LogP contribution >= 0.6 is 0 Å². The summed E-state index contributed by atoms with van der Waals surface area (Å²) in [6, 6.07) is 38.3. The van der Waals surface area contributed by atoms with Crippen LogP contribution in [0.3, 0.4) is 0 Å². The van der Waals surface area contributed by atoms with Gasteiger partial charge in [-0.1, -0.05) is 116 Å². The highest BCUT2D eigenvalue weighted by Crippen LogP contribution is 2.23. The molecule has 0 aliphatic heterocycles. The normalized spacial score (nSPS) is 10.1. The number of benzene rings is 4. The van der Waals surface area contributed by atoms with E-state index in [9.17, 15) is 0 Å². The molecule has 0 N–H and O–H groups in total. The monoisotopic (exact) mass is 364 g/mol. The topological polar surface area (TPSA) is 0 Å². The van der Waals surface area contributed by atoms with E-state index in [4.69, 9.17) is 0 Å². The molecule has 0 saturated heterocycles. The van der Waals surface area contributed by atoms with Crippen LogP contribution in [0.4, 0.5) is 0 Å². The van der Waals surface area contributed by atoms with E-state index in [1.807, 2.05) is 0 Å². The Morgan fingerprint density at radius 2 is 1.07 bits per heavy atom. The molecule has 0 heterocycles. The van der Waals surface area contributed by atoms with Crippen LogP contribution in [-0.4, -0.2) is 0 Å². The van der Waals surface area contributed by atoms with E-state index in [-0.39, 0.29) is 0 Å². The number of hydrogen-bond acceptors (Lipinski definition) is 0. The summed E-state index contributed by atoms with van der Waals surface area (Å²) in [6.45, 7) is 4.36. The molecule has 0 bridgehead atoms. The minimum absolute atomic E-state index is 1.04. The molecule has 0 heteroatoms. The zero-order chi connectivity index (χ0) is 19.6. The third-order valence-corrected chi connectivity index (χ3v) is 4.98. The fourth-order valence-corrected chi connectivity index (χ4v) is 3.35. The van der Waals surface area contributed by atoms with Crippen molar-refractivity contribution in [3.05, 3.63) is 131 Å². The predicted octanol–water partition coefficient (Wildman–Crippen LogP) is 7.50. The van der Waals surface area contributed by atoms with Crippen LogP contribution in [0.1, 0.15) is 29.2 Å². The zero-order valence-corrected chi connectivity index (χ0v) is 16.8. The van der Waals surface area contributed by atoms with Crippen molar-refractivity contribution in [2.45, 2.75) is 26.7 Å². The number of aryl methyl sites for hydroxylation is 2. The first-order chi connectivity index (χ1) is 13.8. The second-order valence-corrected chi connectivity index (χ2v) is 6.97. The Morgan fingerprint density at radius 3 is 1.71 bits per heavy atom. The summed E-state index contributed by atoms with van der Waals surface area (Å²) in [5.74, 6) is 0. The van der Waals surface area contributed by atoms with Crippen molar-refractivity contribution in [1.29, 1.82) is 0 Å². The lowest BCUT2D eigenvalue weighted by molar-refractivity contribution is 1.14. The van der Waals surface area contributed by atoms with Gasteiger partial charge in [0.2, 0.25) is 0 Å². The molecule has 0 aliphatic carbocycles. The van der Waals surface area contributed by atoms with Crippen molar-refractivity contribution in [3.63, 3.8) is 0 Å². The van der Waals surface area contributed by atoms with Gasteiger partial charge >= 0.3 is 0 Å². The standard InChI is InChI=1S/2C14H14/c1-12-7-5-6-10-14(12)11-13-8-3-2-4-9-13;1-2-12-8-6-7-11-14(12)13-9-4-3-5-10-13/h2-10H,11H2,1H3;3-11H,2H2,1H3. The molecule has 0 saturated carbocycles. The lowest BCUT2D eigenvalue weighted by Gasteiger charge is -2.06. The first-order valence-corrected chi connectivity index (χ1v) is 9.99. The number of hydrogen-bond donors (Lipinski definition) is 0. The van der Waals surface area contributed by atoms with Gasteiger partial charge in [-0.05, 0) is 53.1 Å². The van der Waals surface area contributed by atoms with E-state index < -0.39 is 0 Å². The first kappa shape index (κ1) is 19.6. The Labute approximate surface area is 169 Å². The van der Waals surface area contributed by atoms with Crippen LogP contribution in [0.15, 0.2) is 109 Å². The fraction of sp³-hybridized carbons (Fsp3) is 0.143. The Balaban J connectivity index is 0.000000161. The molecule has 0 unspecified atom stereocenters. The summed E-state index contributed by atoms with van der Waals surface area (Å²) in [5, 5.41) is 0. The third kappa shape index (κ3) is 5.44. The molecule has 0 amide bonds.